The van der Waals surface area contributed by atoms with E-state index in [0.29, 0.717) is 5.92 Å². The summed E-state index contributed by atoms with van der Waals surface area (Å²) >= 11 is 0. The van der Waals surface area contributed by atoms with Crippen LogP contribution in [0.3, 0.4) is 0 Å². The molecule has 3 rings (SSSR count). The molecule has 1 N–H and O–H groups in total. The van der Waals surface area contributed by atoms with Crippen LogP contribution in [-0.4, -0.2) is 34.3 Å². The number of nitrogens with one attached hydrogen (secondary N) is 1. The monoisotopic (exact) mass is 292 g/mol. The van der Waals surface area contributed by atoms with Crippen molar-refractivity contribution in [3.63, 3.8) is 0 Å². The maximum Gasteiger partial charge on any atom is 0.249 e. The Morgan fingerprint density at radius 3 is 2.43 bits per heavy atom. The van der Waals surface area contributed by atoms with Gasteiger partial charge in [-0.25, -0.2) is 0 Å². The van der Waals surface area contributed by atoms with E-state index in [1.807, 2.05) is 18.7 Å². The van der Waals surface area contributed by atoms with E-state index in [9.17, 15) is 9.59 Å². The normalized spacial score (nSPS) is 41.7. The Hall–Kier alpha value is -1.06. The average molecular weight is 292 g/mol. The van der Waals surface area contributed by atoms with Crippen LogP contribution in [0, 0.1) is 11.8 Å². The first-order valence-corrected chi connectivity index (χ1v) is 8.58. The lowest BCUT2D eigenvalue weighted by Gasteiger charge is -2.47. The largest absolute Gasteiger partial charge is 0.340 e. The minimum absolute atomic E-state index is 0.0290. The minimum atomic E-state index is -0.651. The van der Waals surface area contributed by atoms with Gasteiger partial charge in [0.1, 0.15) is 11.6 Å². The molecule has 118 valence electrons. The molecule has 0 aromatic carbocycles. The fourth-order valence-electron chi connectivity index (χ4n) is 4.15. The van der Waals surface area contributed by atoms with Crippen LogP contribution in [0.2, 0.25) is 0 Å². The van der Waals surface area contributed by atoms with Crippen molar-refractivity contribution in [1.29, 1.82) is 0 Å². The molecule has 1 heterocycles. The van der Waals surface area contributed by atoms with E-state index >= 15 is 0 Å². The number of piperazine rings is 1. The summed E-state index contributed by atoms with van der Waals surface area (Å²) < 4.78 is 0. The van der Waals surface area contributed by atoms with Gasteiger partial charge in [0.05, 0.1) is 0 Å². The van der Waals surface area contributed by atoms with Crippen LogP contribution in [0.25, 0.3) is 0 Å². The molecule has 3 fully saturated rings. The summed E-state index contributed by atoms with van der Waals surface area (Å²) in [6.07, 6.45) is 7.81. The highest BCUT2D eigenvalue weighted by atomic mass is 16.2. The number of amides is 2. The fraction of sp³-hybridized carbons (Fsp3) is 0.882. The molecule has 0 aromatic heterocycles. The molecular weight excluding hydrogens is 264 g/mol. The van der Waals surface area contributed by atoms with E-state index in [1.54, 1.807) is 0 Å². The van der Waals surface area contributed by atoms with Gasteiger partial charge in [-0.15, -0.1) is 0 Å². The van der Waals surface area contributed by atoms with Gasteiger partial charge in [0, 0.05) is 6.04 Å². The summed E-state index contributed by atoms with van der Waals surface area (Å²) in [6, 6.07) is -0.0655. The molecule has 0 radical (unpaired) electrons. The molecule has 4 unspecified atom stereocenters. The fourth-order valence-corrected chi connectivity index (χ4v) is 4.15. The lowest BCUT2D eigenvalue weighted by Crippen LogP contribution is -2.71. The second-order valence-corrected chi connectivity index (χ2v) is 7.62. The number of carbonyl (C=O) groups excluding carboxylic acids is 2. The second kappa shape index (κ2) is 5.29. The predicted molar refractivity (Wildman–Crippen MR) is 81.6 cm³/mol. The standard InChI is InChI=1S/C17H28N2O2/c1-11-5-4-6-14(10-7-11)19-12(2)15(20)18-17(3,16(19)21)13-8-9-13/h11-14H,4-10H2,1-3H3,(H,18,20). The van der Waals surface area contributed by atoms with Gasteiger partial charge in [-0.3, -0.25) is 9.59 Å². The van der Waals surface area contributed by atoms with Crippen molar-refractivity contribution in [1.82, 2.24) is 10.2 Å². The molecule has 1 saturated heterocycles. The Balaban J connectivity index is 1.83. The van der Waals surface area contributed by atoms with Crippen LogP contribution in [0.4, 0.5) is 0 Å². The van der Waals surface area contributed by atoms with E-state index in [2.05, 4.69) is 12.2 Å². The third-order valence-corrected chi connectivity index (χ3v) is 5.87. The molecule has 4 nitrogen and oxygen atoms in total. The first-order valence-electron chi connectivity index (χ1n) is 8.58. The molecule has 0 spiro atoms. The summed E-state index contributed by atoms with van der Waals surface area (Å²) in [7, 11) is 0. The Kier molecular flexibility index (Phi) is 3.74. The van der Waals surface area contributed by atoms with Gasteiger partial charge in [0.2, 0.25) is 11.8 Å². The summed E-state index contributed by atoms with van der Waals surface area (Å²) in [5, 5.41) is 3.02. The van der Waals surface area contributed by atoms with Crippen LogP contribution in [-0.2, 0) is 9.59 Å². The predicted octanol–water partition coefficient (Wildman–Crippen LogP) is 2.47. The van der Waals surface area contributed by atoms with Gasteiger partial charge in [0.25, 0.3) is 0 Å². The lowest BCUT2D eigenvalue weighted by atomic mass is 9.87. The molecule has 0 aromatic rings. The number of hydrogen-bond donors (Lipinski definition) is 1. The molecule has 21 heavy (non-hydrogen) atoms. The number of nitrogens with zero attached hydrogens (tertiary/aromatic N) is 1. The van der Waals surface area contributed by atoms with E-state index in [0.717, 1.165) is 31.6 Å². The van der Waals surface area contributed by atoms with Crippen molar-refractivity contribution >= 4 is 11.8 Å². The summed E-state index contributed by atoms with van der Waals surface area (Å²) in [5.74, 6) is 1.28. The third-order valence-electron chi connectivity index (χ3n) is 5.87. The zero-order valence-corrected chi connectivity index (χ0v) is 13.5. The highest BCUT2D eigenvalue weighted by Gasteiger charge is 2.55. The van der Waals surface area contributed by atoms with Gasteiger partial charge in [-0.2, -0.15) is 0 Å². The van der Waals surface area contributed by atoms with Crippen molar-refractivity contribution in [2.45, 2.75) is 83.3 Å². The van der Waals surface area contributed by atoms with Crippen LogP contribution >= 0.6 is 0 Å². The molecule has 4 atom stereocenters. The summed E-state index contributed by atoms with van der Waals surface area (Å²) in [5.41, 5.74) is -0.651. The highest BCUT2D eigenvalue weighted by molar-refractivity contribution is 6.00. The molecule has 2 amide bonds. The van der Waals surface area contributed by atoms with Crippen LogP contribution < -0.4 is 5.32 Å². The zero-order valence-electron chi connectivity index (χ0n) is 13.5. The molecule has 3 aliphatic rings. The van der Waals surface area contributed by atoms with Crippen molar-refractivity contribution in [2.24, 2.45) is 11.8 Å². The Morgan fingerprint density at radius 1 is 1.05 bits per heavy atom. The van der Waals surface area contributed by atoms with Crippen LogP contribution in [0.1, 0.15) is 65.7 Å². The average Bonchev–Trinajstić information content (AvgIpc) is 3.26. The SMILES string of the molecule is CC1CCCC(N2C(=O)C(C)(C3CC3)NC(=O)C2C)CC1. The van der Waals surface area contributed by atoms with E-state index in [1.165, 1.54) is 19.3 Å². The van der Waals surface area contributed by atoms with Crippen molar-refractivity contribution in [3.05, 3.63) is 0 Å². The van der Waals surface area contributed by atoms with Gasteiger partial charge < -0.3 is 10.2 Å². The molecule has 2 aliphatic carbocycles. The smallest absolute Gasteiger partial charge is 0.249 e. The zero-order chi connectivity index (χ0) is 15.2. The van der Waals surface area contributed by atoms with Crippen molar-refractivity contribution in [3.8, 4) is 0 Å². The van der Waals surface area contributed by atoms with Gasteiger partial charge in [-0.1, -0.05) is 19.8 Å². The van der Waals surface area contributed by atoms with E-state index < -0.39 is 5.54 Å². The molecule has 0 bridgehead atoms. The first kappa shape index (κ1) is 14.9. The maximum absolute atomic E-state index is 13.1. The van der Waals surface area contributed by atoms with E-state index in [4.69, 9.17) is 0 Å². The molecule has 1 aliphatic heterocycles. The summed E-state index contributed by atoms with van der Waals surface area (Å²) in [4.78, 5) is 27.4. The minimum Gasteiger partial charge on any atom is -0.340 e. The van der Waals surface area contributed by atoms with Gasteiger partial charge >= 0.3 is 0 Å². The van der Waals surface area contributed by atoms with E-state index in [-0.39, 0.29) is 23.9 Å². The number of carbonyl (C=O) groups is 2. The maximum atomic E-state index is 13.1. The van der Waals surface area contributed by atoms with Crippen LogP contribution in [0.15, 0.2) is 0 Å². The quantitative estimate of drug-likeness (QED) is 0.795. The topological polar surface area (TPSA) is 49.4 Å². The third kappa shape index (κ3) is 2.58. The Bertz CT molecular complexity index is 446. The number of rotatable bonds is 2. The summed E-state index contributed by atoms with van der Waals surface area (Å²) in [6.45, 7) is 6.11. The highest BCUT2D eigenvalue weighted by Crippen LogP contribution is 2.43. The molecule has 4 heteroatoms. The Labute approximate surface area is 127 Å². The Morgan fingerprint density at radius 2 is 1.76 bits per heavy atom. The number of hydrogen-bond acceptors (Lipinski definition) is 2. The lowest BCUT2D eigenvalue weighted by molar-refractivity contribution is -0.157. The van der Waals surface area contributed by atoms with Crippen LogP contribution in [0.5, 0.6) is 0 Å². The van der Waals surface area contributed by atoms with Gasteiger partial charge in [-0.05, 0) is 57.8 Å². The second-order valence-electron chi connectivity index (χ2n) is 7.62. The first-order chi connectivity index (χ1) is 9.93. The van der Waals surface area contributed by atoms with Gasteiger partial charge in [0.15, 0.2) is 0 Å². The van der Waals surface area contributed by atoms with Crippen molar-refractivity contribution < 1.29 is 9.59 Å². The van der Waals surface area contributed by atoms with Crippen molar-refractivity contribution in [2.75, 3.05) is 0 Å². The molecular formula is C17H28N2O2. The molecule has 2 saturated carbocycles.